The van der Waals surface area contributed by atoms with Crippen molar-refractivity contribution < 1.29 is 4.57 Å². The highest BCUT2D eigenvalue weighted by Gasteiger charge is 1.63. The highest BCUT2D eigenvalue weighted by molar-refractivity contribution is 8.48. The van der Waals surface area contributed by atoms with Crippen LogP contribution in [0.15, 0.2) is 0 Å². The van der Waals surface area contributed by atoms with E-state index in [9.17, 15) is 4.57 Å². The normalized spacial score (nSPS) is 7.00. The average molecular weight is 106 g/mol. The Bertz CT molecular complexity index is 66.5. The lowest BCUT2D eigenvalue weighted by Crippen LogP contribution is -1.15. The van der Waals surface area contributed by atoms with E-state index < -0.39 is 7.66 Å². The van der Waals surface area contributed by atoms with Crippen LogP contribution in [-0.4, -0.2) is 0 Å². The van der Waals surface area contributed by atoms with Gasteiger partial charge in [0, 0.05) is 11.4 Å². The highest BCUT2D eigenvalue weighted by Crippen LogP contribution is 2.12. The Morgan fingerprint density at radius 1 is 2.00 bits per heavy atom. The second-order valence-corrected chi connectivity index (χ2v) is 1.94. The van der Waals surface area contributed by atoms with Crippen molar-refractivity contribution in [1.29, 1.82) is 5.26 Å². The van der Waals surface area contributed by atoms with Crippen molar-refractivity contribution in [2.45, 2.75) is 0 Å². The monoisotopic (exact) mass is 106 g/mol. The van der Waals surface area contributed by atoms with E-state index in [4.69, 9.17) is 5.26 Å². The highest BCUT2D eigenvalue weighted by atomic mass is 32.7. The second-order valence-electron chi connectivity index (χ2n) is 0.277. The molecule has 0 rings (SSSR count). The Kier molecular flexibility index (Phi) is 3.89. The number of thiocyanates is 1. The van der Waals surface area contributed by atoms with Gasteiger partial charge in [0.15, 0.2) is 0 Å². The van der Waals surface area contributed by atoms with E-state index >= 15 is 0 Å². The third kappa shape index (κ3) is 3.94. The van der Waals surface area contributed by atoms with Crippen molar-refractivity contribution in [3.63, 3.8) is 0 Å². The molecule has 0 aliphatic heterocycles. The second kappa shape index (κ2) is 3.94. The van der Waals surface area contributed by atoms with E-state index in [0.29, 0.717) is 0 Å². The first-order valence-electron chi connectivity index (χ1n) is 0.836. The van der Waals surface area contributed by atoms with Gasteiger partial charge in [-0.1, -0.05) is 0 Å². The van der Waals surface area contributed by atoms with Crippen molar-refractivity contribution >= 4 is 19.0 Å². The molecule has 0 aliphatic carbocycles. The van der Waals surface area contributed by atoms with Crippen LogP contribution in [0.5, 0.6) is 0 Å². The molecule has 1 radical (unpaired) electrons. The van der Waals surface area contributed by atoms with E-state index in [1.54, 1.807) is 5.40 Å². The maximum absolute atomic E-state index is 9.30. The van der Waals surface area contributed by atoms with Crippen LogP contribution < -0.4 is 0 Å². The van der Waals surface area contributed by atoms with E-state index in [-0.39, 0.29) is 0 Å². The quantitative estimate of drug-likeness (QED) is 0.371. The van der Waals surface area contributed by atoms with Gasteiger partial charge in [-0.2, -0.15) is 5.26 Å². The Hall–Kier alpha value is -0.0600. The summed E-state index contributed by atoms with van der Waals surface area (Å²) in [6.45, 7) is 0. The molecule has 0 heterocycles. The number of nitrogens with zero attached hydrogens (tertiary/aromatic N) is 1. The fourth-order valence-electron chi connectivity index (χ4n) is 0.0186. The topological polar surface area (TPSA) is 40.9 Å². The van der Waals surface area contributed by atoms with Gasteiger partial charge in [-0.25, -0.2) is 0 Å². The first-order valence-corrected chi connectivity index (χ1v) is 3.29. The minimum absolute atomic E-state index is 0.537. The lowest BCUT2D eigenvalue weighted by molar-refractivity contribution is 0.605. The van der Waals surface area contributed by atoms with Crippen LogP contribution in [0.3, 0.4) is 0 Å². The Labute approximate surface area is 35.1 Å². The lowest BCUT2D eigenvalue weighted by atomic mass is 11.8. The summed E-state index contributed by atoms with van der Waals surface area (Å²) in [5.74, 6) is 0. The zero-order valence-corrected chi connectivity index (χ0v) is 4.08. The van der Waals surface area contributed by atoms with Gasteiger partial charge in [-0.3, -0.25) is 4.57 Å². The van der Waals surface area contributed by atoms with Crippen molar-refractivity contribution in [2.75, 3.05) is 0 Å². The van der Waals surface area contributed by atoms with Crippen molar-refractivity contribution in [2.24, 2.45) is 0 Å². The molecule has 0 saturated heterocycles. The molecule has 0 N–H and O–H groups in total. The van der Waals surface area contributed by atoms with Crippen LogP contribution in [0.2, 0.25) is 0 Å². The van der Waals surface area contributed by atoms with Crippen LogP contribution >= 0.6 is 19.0 Å². The van der Waals surface area contributed by atoms with Crippen LogP contribution in [0.4, 0.5) is 0 Å². The van der Waals surface area contributed by atoms with E-state index in [0.717, 1.165) is 11.4 Å². The number of nitriles is 1. The summed E-state index contributed by atoms with van der Waals surface area (Å²) < 4.78 is 9.30. The molecule has 1 atom stereocenters. The SMILES string of the molecule is N#CS[PH]=O. The molecule has 0 aromatic rings. The van der Waals surface area contributed by atoms with E-state index in [1.165, 1.54) is 0 Å². The minimum Gasteiger partial charge on any atom is -0.278 e. The molecule has 0 fully saturated rings. The molecule has 4 heteroatoms. The van der Waals surface area contributed by atoms with E-state index in [1.807, 2.05) is 0 Å². The predicted molar refractivity (Wildman–Crippen MR) is 22.2 cm³/mol. The van der Waals surface area contributed by atoms with E-state index in [2.05, 4.69) is 0 Å². The Morgan fingerprint density at radius 2 is 2.60 bits per heavy atom. The fourth-order valence-corrected chi connectivity index (χ4v) is 0.168. The zero-order valence-electron chi connectivity index (χ0n) is 2.26. The van der Waals surface area contributed by atoms with Crippen LogP contribution in [0, 0.1) is 10.7 Å². The summed E-state index contributed by atoms with van der Waals surface area (Å²) in [7, 11) is -0.537. The third-order valence-corrected chi connectivity index (χ3v) is 0.786. The fraction of sp³-hybridized carbons (Fsp3) is 0. The summed E-state index contributed by atoms with van der Waals surface area (Å²) in [6, 6.07) is 0. The molecule has 0 spiro atoms. The van der Waals surface area contributed by atoms with Crippen LogP contribution in [0.25, 0.3) is 0 Å². The smallest absolute Gasteiger partial charge is 0.145 e. The molecular formula is CHNOPS. The van der Waals surface area contributed by atoms with Gasteiger partial charge in [0.2, 0.25) is 0 Å². The molecule has 0 aliphatic rings. The van der Waals surface area contributed by atoms with Crippen LogP contribution in [-0.2, 0) is 4.57 Å². The standard InChI is InChI=1S/CHNOPS/c2-1-5-4-3/h4H. The number of rotatable bonds is 1. The summed E-state index contributed by atoms with van der Waals surface area (Å²) in [5, 5.41) is 9.22. The van der Waals surface area contributed by atoms with Crippen molar-refractivity contribution in [3.8, 4) is 5.40 Å². The largest absolute Gasteiger partial charge is 0.278 e. The molecular weight excluding hydrogens is 105 g/mol. The molecule has 0 amide bonds. The number of hydrogen-bond donors (Lipinski definition) is 0. The number of hydrogen-bond acceptors (Lipinski definition) is 3. The third-order valence-electron chi connectivity index (χ3n) is 0.0873. The molecule has 0 aromatic carbocycles. The van der Waals surface area contributed by atoms with Crippen LogP contribution in [0.1, 0.15) is 0 Å². The Balaban J connectivity index is 2.75. The summed E-state index contributed by atoms with van der Waals surface area (Å²) in [6.07, 6.45) is 0. The Morgan fingerprint density at radius 3 is 2.60 bits per heavy atom. The first-order chi connectivity index (χ1) is 2.41. The van der Waals surface area contributed by atoms with Gasteiger partial charge in [-0.15, -0.1) is 0 Å². The molecule has 0 bridgehead atoms. The van der Waals surface area contributed by atoms with Gasteiger partial charge < -0.3 is 0 Å². The molecule has 1 unspecified atom stereocenters. The van der Waals surface area contributed by atoms with Gasteiger partial charge in [0.25, 0.3) is 0 Å². The minimum atomic E-state index is -0.537. The van der Waals surface area contributed by atoms with Gasteiger partial charge >= 0.3 is 0 Å². The van der Waals surface area contributed by atoms with Gasteiger partial charge in [0.1, 0.15) is 13.1 Å². The van der Waals surface area contributed by atoms with Crippen molar-refractivity contribution in [1.82, 2.24) is 0 Å². The maximum atomic E-state index is 9.30. The summed E-state index contributed by atoms with van der Waals surface area (Å²) in [5.41, 5.74) is 0. The summed E-state index contributed by atoms with van der Waals surface area (Å²) in [4.78, 5) is 0. The lowest BCUT2D eigenvalue weighted by Gasteiger charge is -1.50. The predicted octanol–water partition coefficient (Wildman–Crippen LogP) is 1.14. The van der Waals surface area contributed by atoms with Gasteiger partial charge in [0.05, 0.1) is 0 Å². The first kappa shape index (κ1) is 4.94. The zero-order chi connectivity index (χ0) is 4.12. The maximum Gasteiger partial charge on any atom is 0.145 e. The molecule has 0 saturated carbocycles. The molecule has 2 nitrogen and oxygen atoms in total. The molecule has 27 valence electrons. The molecule has 5 heavy (non-hydrogen) atoms. The average Bonchev–Trinajstić information content (AvgIpc) is 1.41. The summed E-state index contributed by atoms with van der Waals surface area (Å²) >= 11 is 0.741. The van der Waals surface area contributed by atoms with Gasteiger partial charge in [-0.05, 0) is 0 Å². The van der Waals surface area contributed by atoms with Crippen molar-refractivity contribution in [3.05, 3.63) is 0 Å². The molecule has 0 aromatic heterocycles.